The average molecular weight is 328 g/mol. The minimum Gasteiger partial charge on any atom is -0.480 e. The van der Waals surface area contributed by atoms with E-state index in [1.807, 2.05) is 49.3 Å². The molecule has 3 rings (SSSR count). The van der Waals surface area contributed by atoms with Crippen LogP contribution in [0.25, 0.3) is 0 Å². The molecule has 1 heterocycles. The minimum atomic E-state index is -0.502. The number of rotatable bonds is 5. The van der Waals surface area contributed by atoms with Crippen molar-refractivity contribution in [1.82, 2.24) is 10.2 Å². The Balaban J connectivity index is 1.62. The number of ether oxygens (including phenoxy) is 1. The highest BCUT2D eigenvalue weighted by Gasteiger charge is 2.29. The second-order valence-electron chi connectivity index (χ2n) is 6.20. The summed E-state index contributed by atoms with van der Waals surface area (Å²) in [7, 11) is 3.81. The van der Waals surface area contributed by atoms with Gasteiger partial charge in [0.1, 0.15) is 11.6 Å². The lowest BCUT2D eigenvalue weighted by atomic mass is 10.1. The van der Waals surface area contributed by atoms with E-state index in [-0.39, 0.29) is 17.8 Å². The number of nitrogens with one attached hydrogen (secondary N) is 1. The van der Waals surface area contributed by atoms with Crippen molar-refractivity contribution in [2.75, 3.05) is 20.6 Å². The molecule has 24 heavy (non-hydrogen) atoms. The van der Waals surface area contributed by atoms with Gasteiger partial charge in [-0.25, -0.2) is 4.39 Å². The van der Waals surface area contributed by atoms with E-state index >= 15 is 0 Å². The molecule has 2 atom stereocenters. The third-order valence-corrected chi connectivity index (χ3v) is 4.27. The van der Waals surface area contributed by atoms with Gasteiger partial charge in [0.15, 0.2) is 6.10 Å². The van der Waals surface area contributed by atoms with Gasteiger partial charge >= 0.3 is 0 Å². The van der Waals surface area contributed by atoms with E-state index in [4.69, 9.17) is 4.74 Å². The fourth-order valence-corrected chi connectivity index (χ4v) is 2.95. The molecular formula is C19H21FN2O2. The van der Waals surface area contributed by atoms with Crippen molar-refractivity contribution in [2.24, 2.45) is 0 Å². The Morgan fingerprint density at radius 1 is 1.29 bits per heavy atom. The van der Waals surface area contributed by atoms with Crippen molar-refractivity contribution < 1.29 is 13.9 Å². The molecule has 2 aromatic rings. The predicted octanol–water partition coefficient (Wildman–Crippen LogP) is 2.55. The third kappa shape index (κ3) is 3.57. The molecule has 1 amide bonds. The number of halogens is 1. The molecule has 0 spiro atoms. The first-order chi connectivity index (χ1) is 11.5. The van der Waals surface area contributed by atoms with Gasteiger partial charge in [0, 0.05) is 13.0 Å². The van der Waals surface area contributed by atoms with Crippen molar-refractivity contribution in [1.29, 1.82) is 0 Å². The van der Waals surface area contributed by atoms with Crippen LogP contribution in [0.4, 0.5) is 4.39 Å². The third-order valence-electron chi connectivity index (χ3n) is 4.27. The topological polar surface area (TPSA) is 41.6 Å². The van der Waals surface area contributed by atoms with Gasteiger partial charge in [-0.1, -0.05) is 30.3 Å². The number of fused-ring (bicyclic) bond motifs is 1. The zero-order chi connectivity index (χ0) is 17.1. The molecule has 0 fully saturated rings. The van der Waals surface area contributed by atoms with Crippen LogP contribution in [0.5, 0.6) is 5.75 Å². The van der Waals surface area contributed by atoms with Gasteiger partial charge < -0.3 is 15.0 Å². The Kier molecular flexibility index (Phi) is 4.81. The molecule has 1 aliphatic rings. The number of hydrogen-bond acceptors (Lipinski definition) is 3. The summed E-state index contributed by atoms with van der Waals surface area (Å²) >= 11 is 0. The Hall–Kier alpha value is -2.40. The van der Waals surface area contributed by atoms with Crippen LogP contribution in [0, 0.1) is 5.82 Å². The molecule has 0 radical (unpaired) electrons. The van der Waals surface area contributed by atoms with Crippen molar-refractivity contribution in [2.45, 2.75) is 18.6 Å². The Bertz CT molecular complexity index is 708. The van der Waals surface area contributed by atoms with Crippen LogP contribution in [0.1, 0.15) is 17.2 Å². The molecule has 0 unspecified atom stereocenters. The number of carbonyl (C=O) groups is 1. The summed E-state index contributed by atoms with van der Waals surface area (Å²) < 4.78 is 19.2. The van der Waals surface area contributed by atoms with E-state index < -0.39 is 6.10 Å². The summed E-state index contributed by atoms with van der Waals surface area (Å²) in [5, 5.41) is 2.93. The van der Waals surface area contributed by atoms with E-state index in [0.717, 1.165) is 16.9 Å². The van der Waals surface area contributed by atoms with Crippen LogP contribution in [-0.4, -0.2) is 37.6 Å². The largest absolute Gasteiger partial charge is 0.480 e. The monoisotopic (exact) mass is 328 g/mol. The highest BCUT2D eigenvalue weighted by molar-refractivity contribution is 5.82. The maximum Gasteiger partial charge on any atom is 0.261 e. The summed E-state index contributed by atoms with van der Waals surface area (Å²) in [6, 6.07) is 14.0. The first kappa shape index (κ1) is 16.5. The summed E-state index contributed by atoms with van der Waals surface area (Å²) in [6.07, 6.45) is 0.0759. The van der Waals surface area contributed by atoms with Gasteiger partial charge in [-0.05, 0) is 43.4 Å². The molecule has 2 aromatic carbocycles. The zero-order valence-corrected chi connectivity index (χ0v) is 13.8. The normalized spacial score (nSPS) is 17.2. The van der Waals surface area contributed by atoms with Crippen molar-refractivity contribution in [3.63, 3.8) is 0 Å². The number of nitrogens with zero attached hydrogens (tertiary/aromatic N) is 1. The molecule has 4 nitrogen and oxygen atoms in total. The average Bonchev–Trinajstić information content (AvgIpc) is 2.99. The van der Waals surface area contributed by atoms with Crippen LogP contribution in [-0.2, 0) is 11.2 Å². The van der Waals surface area contributed by atoms with Crippen LogP contribution >= 0.6 is 0 Å². The fraction of sp³-hybridized carbons (Fsp3) is 0.316. The number of amides is 1. The van der Waals surface area contributed by atoms with Crippen molar-refractivity contribution in [3.05, 3.63) is 65.5 Å². The summed E-state index contributed by atoms with van der Waals surface area (Å²) in [5.41, 5.74) is 1.88. The first-order valence-electron chi connectivity index (χ1n) is 7.99. The van der Waals surface area contributed by atoms with E-state index in [9.17, 15) is 9.18 Å². The van der Waals surface area contributed by atoms with E-state index in [2.05, 4.69) is 5.32 Å². The minimum absolute atomic E-state index is 0.103. The van der Waals surface area contributed by atoms with Crippen LogP contribution in [0.3, 0.4) is 0 Å². The standard InChI is InChI=1S/C19H21FN2O2/c1-22(2)16(13-7-5-8-15(20)10-13)12-21-19(23)18-11-14-6-3-4-9-17(14)24-18/h3-10,16,18H,11-12H2,1-2H3,(H,21,23)/t16-,18-/m1/s1. The fourth-order valence-electron chi connectivity index (χ4n) is 2.95. The van der Waals surface area contributed by atoms with E-state index in [1.54, 1.807) is 6.07 Å². The predicted molar refractivity (Wildman–Crippen MR) is 90.4 cm³/mol. The second kappa shape index (κ2) is 7.01. The lowest BCUT2D eigenvalue weighted by molar-refractivity contribution is -0.127. The molecule has 126 valence electrons. The SMILES string of the molecule is CN(C)[C@H](CNC(=O)[C@H]1Cc2ccccc2O1)c1cccc(F)c1. The molecule has 1 N–H and O–H groups in total. The van der Waals surface area contributed by atoms with Gasteiger partial charge in [-0.15, -0.1) is 0 Å². The van der Waals surface area contributed by atoms with Gasteiger partial charge in [-0.3, -0.25) is 4.79 Å². The maximum absolute atomic E-state index is 13.5. The van der Waals surface area contributed by atoms with Crippen molar-refractivity contribution >= 4 is 5.91 Å². The molecular weight excluding hydrogens is 307 g/mol. The van der Waals surface area contributed by atoms with Crippen LogP contribution in [0.2, 0.25) is 0 Å². The number of likely N-dealkylation sites (N-methyl/N-ethyl adjacent to an activating group) is 1. The van der Waals surface area contributed by atoms with Gasteiger partial charge in [0.2, 0.25) is 0 Å². The maximum atomic E-state index is 13.5. The Morgan fingerprint density at radius 3 is 2.79 bits per heavy atom. The quantitative estimate of drug-likeness (QED) is 0.917. The van der Waals surface area contributed by atoms with Gasteiger partial charge in [-0.2, -0.15) is 0 Å². The second-order valence-corrected chi connectivity index (χ2v) is 6.20. The Labute approximate surface area is 141 Å². The smallest absolute Gasteiger partial charge is 0.261 e. The number of para-hydroxylation sites is 1. The van der Waals surface area contributed by atoms with Crippen molar-refractivity contribution in [3.8, 4) is 5.75 Å². The molecule has 0 aliphatic carbocycles. The first-order valence-corrected chi connectivity index (χ1v) is 7.99. The molecule has 1 aliphatic heterocycles. The highest BCUT2D eigenvalue weighted by atomic mass is 19.1. The summed E-state index contributed by atoms with van der Waals surface area (Å²) in [4.78, 5) is 14.4. The molecule has 0 saturated carbocycles. The zero-order valence-electron chi connectivity index (χ0n) is 13.8. The molecule has 0 saturated heterocycles. The lowest BCUT2D eigenvalue weighted by Crippen LogP contribution is -2.41. The number of carbonyl (C=O) groups excluding carboxylic acids is 1. The highest BCUT2D eigenvalue weighted by Crippen LogP contribution is 2.28. The van der Waals surface area contributed by atoms with Crippen LogP contribution < -0.4 is 10.1 Å². The molecule has 0 aromatic heterocycles. The summed E-state index contributed by atoms with van der Waals surface area (Å²) in [5.74, 6) is 0.349. The van der Waals surface area contributed by atoms with E-state index in [0.29, 0.717) is 13.0 Å². The molecule has 5 heteroatoms. The van der Waals surface area contributed by atoms with Crippen LogP contribution in [0.15, 0.2) is 48.5 Å². The van der Waals surface area contributed by atoms with Gasteiger partial charge in [0.25, 0.3) is 5.91 Å². The summed E-state index contributed by atoms with van der Waals surface area (Å²) in [6.45, 7) is 0.394. The van der Waals surface area contributed by atoms with Gasteiger partial charge in [0.05, 0.1) is 6.04 Å². The van der Waals surface area contributed by atoms with E-state index in [1.165, 1.54) is 12.1 Å². The Morgan fingerprint density at radius 2 is 2.08 bits per heavy atom. The number of hydrogen-bond donors (Lipinski definition) is 1. The molecule has 0 bridgehead atoms. The number of benzene rings is 2. The lowest BCUT2D eigenvalue weighted by Gasteiger charge is -2.25.